The SMILES string of the molecule is CNC(=O)NC(=O)CN1CCC(N)C1. The molecule has 1 aliphatic heterocycles. The summed E-state index contributed by atoms with van der Waals surface area (Å²) in [6, 6.07) is -0.318. The Morgan fingerprint density at radius 3 is 2.79 bits per heavy atom. The Labute approximate surface area is 82.8 Å². The van der Waals surface area contributed by atoms with Gasteiger partial charge in [-0.3, -0.25) is 15.0 Å². The Morgan fingerprint density at radius 2 is 2.29 bits per heavy atom. The molecule has 0 aromatic carbocycles. The first-order chi connectivity index (χ1) is 6.61. The fourth-order valence-electron chi connectivity index (χ4n) is 1.44. The number of nitrogens with zero attached hydrogens (tertiary/aromatic N) is 1. The maximum Gasteiger partial charge on any atom is 0.321 e. The minimum Gasteiger partial charge on any atom is -0.341 e. The van der Waals surface area contributed by atoms with Gasteiger partial charge in [-0.05, 0) is 6.42 Å². The van der Waals surface area contributed by atoms with Crippen molar-refractivity contribution in [3.63, 3.8) is 0 Å². The standard InChI is InChI=1S/C8H16N4O2/c1-10-8(14)11-7(13)5-12-3-2-6(9)4-12/h6H,2-5,9H2,1H3,(H2,10,11,13,14). The number of nitrogens with two attached hydrogens (primary N) is 1. The molecule has 0 aliphatic carbocycles. The average molecular weight is 200 g/mol. The van der Waals surface area contributed by atoms with Crippen LogP contribution in [-0.2, 0) is 4.79 Å². The number of nitrogens with one attached hydrogen (secondary N) is 2. The Kier molecular flexibility index (Phi) is 3.84. The largest absolute Gasteiger partial charge is 0.341 e. The van der Waals surface area contributed by atoms with Gasteiger partial charge in [-0.15, -0.1) is 0 Å². The van der Waals surface area contributed by atoms with Crippen LogP contribution in [0.1, 0.15) is 6.42 Å². The molecular formula is C8H16N4O2. The molecule has 4 N–H and O–H groups in total. The second-order valence-electron chi connectivity index (χ2n) is 3.41. The summed E-state index contributed by atoms with van der Waals surface area (Å²) in [4.78, 5) is 23.9. The molecule has 0 aromatic rings. The van der Waals surface area contributed by atoms with Gasteiger partial charge in [0.2, 0.25) is 5.91 Å². The fraction of sp³-hybridized carbons (Fsp3) is 0.750. The molecule has 6 nitrogen and oxygen atoms in total. The second-order valence-corrected chi connectivity index (χ2v) is 3.41. The molecule has 1 aliphatic rings. The van der Waals surface area contributed by atoms with Crippen molar-refractivity contribution in [3.8, 4) is 0 Å². The van der Waals surface area contributed by atoms with Gasteiger partial charge in [-0.2, -0.15) is 0 Å². The predicted molar refractivity (Wildman–Crippen MR) is 51.6 cm³/mol. The smallest absolute Gasteiger partial charge is 0.321 e. The lowest BCUT2D eigenvalue weighted by molar-refractivity contribution is -0.120. The van der Waals surface area contributed by atoms with Crippen molar-refractivity contribution in [1.82, 2.24) is 15.5 Å². The van der Waals surface area contributed by atoms with Crippen LogP contribution in [0.4, 0.5) is 4.79 Å². The van der Waals surface area contributed by atoms with Crippen molar-refractivity contribution < 1.29 is 9.59 Å². The van der Waals surface area contributed by atoms with E-state index in [1.807, 2.05) is 4.90 Å². The number of hydrogen-bond donors (Lipinski definition) is 3. The highest BCUT2D eigenvalue weighted by Gasteiger charge is 2.21. The molecule has 0 aromatic heterocycles. The maximum atomic E-state index is 11.2. The van der Waals surface area contributed by atoms with E-state index in [4.69, 9.17) is 5.73 Å². The quantitative estimate of drug-likeness (QED) is 0.505. The van der Waals surface area contributed by atoms with Gasteiger partial charge in [0.1, 0.15) is 0 Å². The van der Waals surface area contributed by atoms with Crippen molar-refractivity contribution >= 4 is 11.9 Å². The summed E-state index contributed by atoms with van der Waals surface area (Å²) in [6.07, 6.45) is 0.910. The summed E-state index contributed by atoms with van der Waals surface area (Å²) in [7, 11) is 1.47. The molecule has 1 heterocycles. The van der Waals surface area contributed by atoms with Crippen LogP contribution in [0.15, 0.2) is 0 Å². The number of rotatable bonds is 2. The molecule has 1 saturated heterocycles. The molecule has 1 fully saturated rings. The van der Waals surface area contributed by atoms with E-state index in [-0.39, 0.29) is 18.5 Å². The van der Waals surface area contributed by atoms with Crippen LogP contribution in [0.5, 0.6) is 0 Å². The minimum atomic E-state index is -0.474. The van der Waals surface area contributed by atoms with Crippen molar-refractivity contribution in [1.29, 1.82) is 0 Å². The van der Waals surface area contributed by atoms with E-state index < -0.39 is 6.03 Å². The van der Waals surface area contributed by atoms with Crippen molar-refractivity contribution in [3.05, 3.63) is 0 Å². The molecule has 0 saturated carbocycles. The molecule has 80 valence electrons. The van der Waals surface area contributed by atoms with Crippen LogP contribution in [0.25, 0.3) is 0 Å². The van der Waals surface area contributed by atoms with E-state index in [0.717, 1.165) is 19.5 Å². The highest BCUT2D eigenvalue weighted by atomic mass is 16.2. The average Bonchev–Trinajstić information content (AvgIpc) is 2.50. The summed E-state index contributed by atoms with van der Waals surface area (Å²) in [5, 5.41) is 4.52. The Bertz CT molecular complexity index is 231. The van der Waals surface area contributed by atoms with Crippen molar-refractivity contribution in [2.24, 2.45) is 5.73 Å². The number of amides is 3. The van der Waals surface area contributed by atoms with E-state index in [2.05, 4.69) is 10.6 Å². The molecule has 0 spiro atoms. The van der Waals surface area contributed by atoms with Crippen molar-refractivity contribution in [2.45, 2.75) is 12.5 Å². The zero-order valence-electron chi connectivity index (χ0n) is 8.25. The van der Waals surface area contributed by atoms with E-state index in [0.29, 0.717) is 0 Å². The van der Waals surface area contributed by atoms with Crippen molar-refractivity contribution in [2.75, 3.05) is 26.7 Å². The zero-order valence-corrected chi connectivity index (χ0v) is 8.25. The molecular weight excluding hydrogens is 184 g/mol. The first kappa shape index (κ1) is 10.9. The van der Waals surface area contributed by atoms with Gasteiger partial charge in [0.25, 0.3) is 0 Å². The molecule has 1 atom stereocenters. The summed E-state index contributed by atoms with van der Waals surface area (Å²) in [5.41, 5.74) is 5.68. The first-order valence-electron chi connectivity index (χ1n) is 4.61. The number of imide groups is 1. The third-order valence-electron chi connectivity index (χ3n) is 2.16. The second kappa shape index (κ2) is 4.92. The number of likely N-dealkylation sites (tertiary alicyclic amines) is 1. The normalized spacial score (nSPS) is 22.0. The Balaban J connectivity index is 2.23. The van der Waals surface area contributed by atoms with Gasteiger partial charge in [-0.25, -0.2) is 4.79 Å². The molecule has 14 heavy (non-hydrogen) atoms. The van der Waals surface area contributed by atoms with Gasteiger partial charge >= 0.3 is 6.03 Å². The molecule has 0 radical (unpaired) electrons. The topological polar surface area (TPSA) is 87.5 Å². The summed E-state index contributed by atoms with van der Waals surface area (Å²) >= 11 is 0. The minimum absolute atomic E-state index is 0.155. The van der Waals surface area contributed by atoms with E-state index in [9.17, 15) is 9.59 Å². The summed E-state index contributed by atoms with van der Waals surface area (Å²) in [6.45, 7) is 1.78. The van der Waals surface area contributed by atoms with E-state index >= 15 is 0 Å². The lowest BCUT2D eigenvalue weighted by Crippen LogP contribution is -2.43. The van der Waals surface area contributed by atoms with Crippen LogP contribution in [-0.4, -0.2) is 49.6 Å². The van der Waals surface area contributed by atoms with Crippen LogP contribution in [0.2, 0.25) is 0 Å². The lowest BCUT2D eigenvalue weighted by Gasteiger charge is -2.13. The fourth-order valence-corrected chi connectivity index (χ4v) is 1.44. The van der Waals surface area contributed by atoms with Crippen LogP contribution in [0.3, 0.4) is 0 Å². The van der Waals surface area contributed by atoms with Crippen LogP contribution >= 0.6 is 0 Å². The Morgan fingerprint density at radius 1 is 1.57 bits per heavy atom. The van der Waals surface area contributed by atoms with Crippen LogP contribution < -0.4 is 16.4 Å². The van der Waals surface area contributed by atoms with Gasteiger partial charge in [0.15, 0.2) is 0 Å². The molecule has 1 rings (SSSR count). The van der Waals surface area contributed by atoms with Gasteiger partial charge in [0.05, 0.1) is 6.54 Å². The van der Waals surface area contributed by atoms with Crippen LogP contribution in [0, 0.1) is 0 Å². The zero-order chi connectivity index (χ0) is 10.6. The number of carbonyl (C=O) groups is 2. The molecule has 3 amide bonds. The summed E-state index contributed by atoms with van der Waals surface area (Å²) < 4.78 is 0. The van der Waals surface area contributed by atoms with E-state index in [1.165, 1.54) is 7.05 Å². The number of urea groups is 1. The van der Waals surface area contributed by atoms with Gasteiger partial charge < -0.3 is 11.1 Å². The molecule has 0 bridgehead atoms. The third kappa shape index (κ3) is 3.31. The summed E-state index contributed by atoms with van der Waals surface area (Å²) in [5.74, 6) is -0.293. The maximum absolute atomic E-state index is 11.2. The highest BCUT2D eigenvalue weighted by molar-refractivity contribution is 5.95. The first-order valence-corrected chi connectivity index (χ1v) is 4.61. The predicted octanol–water partition coefficient (Wildman–Crippen LogP) is -1.52. The lowest BCUT2D eigenvalue weighted by atomic mass is 10.3. The van der Waals surface area contributed by atoms with E-state index in [1.54, 1.807) is 0 Å². The molecule has 6 heteroatoms. The molecule has 1 unspecified atom stereocenters. The highest BCUT2D eigenvalue weighted by Crippen LogP contribution is 2.05. The number of hydrogen-bond acceptors (Lipinski definition) is 4. The van der Waals surface area contributed by atoms with Gasteiger partial charge in [-0.1, -0.05) is 0 Å². The monoisotopic (exact) mass is 200 g/mol. The Hall–Kier alpha value is -1.14. The van der Waals surface area contributed by atoms with Gasteiger partial charge in [0, 0.05) is 26.2 Å². The third-order valence-corrected chi connectivity index (χ3v) is 2.16. The number of carbonyl (C=O) groups excluding carboxylic acids is 2.